The zero-order valence-corrected chi connectivity index (χ0v) is 37.3. The summed E-state index contributed by atoms with van der Waals surface area (Å²) in [5.41, 5.74) is 0. The Hall–Kier alpha value is -2.19. The lowest BCUT2D eigenvalue weighted by molar-refractivity contribution is -0.889. The van der Waals surface area contributed by atoms with Gasteiger partial charge in [-0.25, -0.2) is 0 Å². The van der Waals surface area contributed by atoms with Gasteiger partial charge in [0.15, 0.2) is 6.10 Å². The number of unbranched alkanes of at least 4 members (excludes halogenated alkanes) is 24. The number of allylic oxidation sites excluding steroid dienone is 4. The van der Waals surface area contributed by atoms with E-state index >= 15 is 0 Å². The van der Waals surface area contributed by atoms with Crippen molar-refractivity contribution in [3.8, 4) is 0 Å². The highest BCUT2D eigenvalue weighted by Crippen LogP contribution is 2.15. The van der Waals surface area contributed by atoms with E-state index < -0.39 is 18.1 Å². The van der Waals surface area contributed by atoms with Crippen molar-refractivity contribution in [2.75, 3.05) is 41.0 Å². The van der Waals surface area contributed by atoms with Gasteiger partial charge in [0.25, 0.3) is 0 Å². The highest BCUT2D eigenvalue weighted by Gasteiger charge is 2.25. The average molecular weight is 792 g/mol. The second-order valence-electron chi connectivity index (χ2n) is 17.0. The molecule has 0 saturated heterocycles. The molecule has 0 aromatic heterocycles. The SMILES string of the molecule is CCCCCC/C=C\C/C=C\CCCCCCCC(=O)OC(COCCC(C(=O)[O-])[N+](C)(C)C)COC(=O)CCCCCCCCCCCCCCCCCC. The lowest BCUT2D eigenvalue weighted by Crippen LogP contribution is -2.55. The maximum absolute atomic E-state index is 12.7. The minimum atomic E-state index is -1.13. The van der Waals surface area contributed by atoms with Crippen molar-refractivity contribution < 1.29 is 38.2 Å². The van der Waals surface area contributed by atoms with Crippen LogP contribution in [0.2, 0.25) is 0 Å². The number of quaternary nitrogens is 1. The fraction of sp³-hybridized carbons (Fsp3) is 0.854. The number of carbonyl (C=O) groups excluding carboxylic acids is 3. The first-order chi connectivity index (χ1) is 27.1. The van der Waals surface area contributed by atoms with Crippen LogP contribution in [0.15, 0.2) is 24.3 Å². The first-order valence-electron chi connectivity index (χ1n) is 23.4. The highest BCUT2D eigenvalue weighted by atomic mass is 16.6. The van der Waals surface area contributed by atoms with Gasteiger partial charge in [-0.3, -0.25) is 9.59 Å². The fourth-order valence-electron chi connectivity index (χ4n) is 6.93. The predicted octanol–water partition coefficient (Wildman–Crippen LogP) is 11.5. The molecule has 2 atom stereocenters. The molecule has 0 rings (SSSR count). The number of hydrogen-bond donors (Lipinski definition) is 0. The van der Waals surface area contributed by atoms with Crippen molar-refractivity contribution in [1.29, 1.82) is 0 Å². The number of carbonyl (C=O) groups is 3. The third-order valence-electron chi connectivity index (χ3n) is 10.6. The number of carboxylic acids is 1. The van der Waals surface area contributed by atoms with Crippen molar-refractivity contribution in [2.24, 2.45) is 0 Å². The molecule has 56 heavy (non-hydrogen) atoms. The van der Waals surface area contributed by atoms with Crippen LogP contribution in [0.25, 0.3) is 0 Å². The molecule has 0 amide bonds. The Morgan fingerprint density at radius 1 is 0.536 bits per heavy atom. The molecule has 8 heteroatoms. The number of rotatable bonds is 42. The van der Waals surface area contributed by atoms with Crippen LogP contribution in [-0.4, -0.2) is 75.5 Å². The predicted molar refractivity (Wildman–Crippen MR) is 231 cm³/mol. The molecule has 0 saturated carbocycles. The van der Waals surface area contributed by atoms with Gasteiger partial charge >= 0.3 is 11.9 Å². The van der Waals surface area contributed by atoms with Crippen LogP contribution in [0.3, 0.4) is 0 Å². The number of nitrogens with zero attached hydrogens (tertiary/aromatic N) is 1. The molecule has 0 bridgehead atoms. The molecule has 8 nitrogen and oxygen atoms in total. The van der Waals surface area contributed by atoms with Crippen LogP contribution in [0.4, 0.5) is 0 Å². The van der Waals surface area contributed by atoms with Crippen molar-refractivity contribution >= 4 is 17.9 Å². The summed E-state index contributed by atoms with van der Waals surface area (Å²) in [7, 11) is 5.41. The van der Waals surface area contributed by atoms with Crippen molar-refractivity contribution in [1.82, 2.24) is 0 Å². The Morgan fingerprint density at radius 2 is 0.946 bits per heavy atom. The van der Waals surface area contributed by atoms with E-state index in [4.69, 9.17) is 14.2 Å². The summed E-state index contributed by atoms with van der Waals surface area (Å²) < 4.78 is 17.2. The van der Waals surface area contributed by atoms with Crippen molar-refractivity contribution in [2.45, 2.75) is 225 Å². The summed E-state index contributed by atoms with van der Waals surface area (Å²) >= 11 is 0. The number of aliphatic carboxylic acids is 1. The van der Waals surface area contributed by atoms with E-state index in [0.717, 1.165) is 64.2 Å². The van der Waals surface area contributed by atoms with Gasteiger partial charge in [0.2, 0.25) is 0 Å². The first-order valence-corrected chi connectivity index (χ1v) is 23.4. The molecule has 0 aliphatic carbocycles. The van der Waals surface area contributed by atoms with Crippen LogP contribution >= 0.6 is 0 Å². The van der Waals surface area contributed by atoms with E-state index in [1.54, 1.807) is 21.1 Å². The summed E-state index contributed by atoms with van der Waals surface area (Å²) in [5, 5.41) is 11.6. The summed E-state index contributed by atoms with van der Waals surface area (Å²) in [6, 6.07) is -0.725. The van der Waals surface area contributed by atoms with E-state index in [1.165, 1.54) is 116 Å². The van der Waals surface area contributed by atoms with Gasteiger partial charge in [-0.15, -0.1) is 0 Å². The summed E-state index contributed by atoms with van der Waals surface area (Å²) in [6.07, 6.45) is 43.4. The van der Waals surface area contributed by atoms with Gasteiger partial charge in [0.05, 0.1) is 40.3 Å². The van der Waals surface area contributed by atoms with Crippen LogP contribution in [0.1, 0.15) is 213 Å². The lowest BCUT2D eigenvalue weighted by Gasteiger charge is -2.34. The lowest BCUT2D eigenvalue weighted by atomic mass is 10.0. The van der Waals surface area contributed by atoms with E-state index in [9.17, 15) is 19.5 Å². The zero-order chi connectivity index (χ0) is 41.4. The van der Waals surface area contributed by atoms with Gasteiger partial charge in [-0.05, 0) is 44.9 Å². The maximum atomic E-state index is 12.7. The third-order valence-corrected chi connectivity index (χ3v) is 10.6. The zero-order valence-electron chi connectivity index (χ0n) is 37.3. The number of carboxylic acid groups (broad SMARTS) is 1. The Kier molecular flexibility index (Phi) is 38.1. The third kappa shape index (κ3) is 37.4. The number of ether oxygens (including phenoxy) is 3. The Balaban J connectivity index is 4.31. The van der Waals surface area contributed by atoms with E-state index in [-0.39, 0.29) is 42.7 Å². The monoisotopic (exact) mass is 792 g/mol. The average Bonchev–Trinajstić information content (AvgIpc) is 3.15. The Bertz CT molecular complexity index is 973. The maximum Gasteiger partial charge on any atom is 0.306 e. The minimum absolute atomic E-state index is 0.0389. The number of esters is 2. The Labute approximate surface area is 345 Å². The largest absolute Gasteiger partial charge is 0.544 e. The molecule has 0 spiro atoms. The summed E-state index contributed by atoms with van der Waals surface area (Å²) in [5.74, 6) is -1.74. The second-order valence-corrected chi connectivity index (χ2v) is 17.0. The molecule has 0 aromatic carbocycles. The quantitative estimate of drug-likeness (QED) is 0.0262. The topological polar surface area (TPSA) is 102 Å². The number of hydrogen-bond acceptors (Lipinski definition) is 7. The molecule has 0 aliphatic heterocycles. The smallest absolute Gasteiger partial charge is 0.306 e. The molecule has 0 aromatic rings. The molecule has 0 heterocycles. The molecule has 0 N–H and O–H groups in total. The van der Waals surface area contributed by atoms with E-state index in [2.05, 4.69) is 38.2 Å². The summed E-state index contributed by atoms with van der Waals surface area (Å²) in [4.78, 5) is 36.9. The van der Waals surface area contributed by atoms with Crippen molar-refractivity contribution in [3.63, 3.8) is 0 Å². The minimum Gasteiger partial charge on any atom is -0.544 e. The normalized spacial score (nSPS) is 13.1. The van der Waals surface area contributed by atoms with Crippen LogP contribution < -0.4 is 5.11 Å². The standard InChI is InChI=1S/C48H89NO7/c1-6-8-10-12-14-16-18-20-22-24-26-28-30-32-34-36-38-46(50)55-43-44(42-54-41-40-45(48(52)53)49(3,4)5)56-47(51)39-37-35-33-31-29-27-25-23-21-19-17-15-13-11-9-7-2/h17,19,23,25,44-45H,6-16,18,20-22,24,26-43H2,1-5H3/b19-17-,25-23-. The van der Waals surface area contributed by atoms with Gasteiger partial charge < -0.3 is 28.6 Å². The first kappa shape index (κ1) is 53.8. The van der Waals surface area contributed by atoms with E-state index in [1.807, 2.05) is 0 Å². The molecule has 0 aliphatic rings. The molecular weight excluding hydrogens is 703 g/mol. The molecular formula is C48H89NO7. The van der Waals surface area contributed by atoms with Crippen LogP contribution in [0.5, 0.6) is 0 Å². The highest BCUT2D eigenvalue weighted by molar-refractivity contribution is 5.70. The molecule has 0 radical (unpaired) electrons. The second kappa shape index (κ2) is 39.6. The fourth-order valence-corrected chi connectivity index (χ4v) is 6.93. The summed E-state index contributed by atoms with van der Waals surface area (Å²) in [6.45, 7) is 4.65. The van der Waals surface area contributed by atoms with Gasteiger partial charge in [-0.2, -0.15) is 0 Å². The molecule has 0 fully saturated rings. The number of likely N-dealkylation sites (N-methyl/N-ethyl adjacent to an activating group) is 1. The van der Waals surface area contributed by atoms with Gasteiger partial charge in [0, 0.05) is 19.3 Å². The van der Waals surface area contributed by atoms with Gasteiger partial charge in [0.1, 0.15) is 12.6 Å². The van der Waals surface area contributed by atoms with Crippen LogP contribution in [-0.2, 0) is 28.6 Å². The van der Waals surface area contributed by atoms with Crippen LogP contribution in [0, 0.1) is 0 Å². The Morgan fingerprint density at radius 3 is 1.39 bits per heavy atom. The molecule has 328 valence electrons. The van der Waals surface area contributed by atoms with E-state index in [0.29, 0.717) is 12.8 Å². The van der Waals surface area contributed by atoms with Gasteiger partial charge in [-0.1, -0.05) is 173 Å². The van der Waals surface area contributed by atoms with Crippen molar-refractivity contribution in [3.05, 3.63) is 24.3 Å². The molecule has 2 unspecified atom stereocenters.